The van der Waals surface area contributed by atoms with E-state index in [9.17, 15) is 5.26 Å². The Morgan fingerprint density at radius 3 is 2.57 bits per heavy atom. The molecule has 0 spiro atoms. The van der Waals surface area contributed by atoms with Crippen LogP contribution in [-0.2, 0) is 12.0 Å². The topological polar surface area (TPSA) is 35.8 Å². The van der Waals surface area contributed by atoms with Gasteiger partial charge >= 0.3 is 0 Å². The third-order valence-electron chi connectivity index (χ3n) is 4.41. The lowest BCUT2D eigenvalue weighted by Crippen LogP contribution is -2.50. The number of benzene rings is 2. The van der Waals surface area contributed by atoms with Crippen LogP contribution < -0.4 is 5.32 Å². The Morgan fingerprint density at radius 1 is 1.14 bits per heavy atom. The van der Waals surface area contributed by atoms with Gasteiger partial charge in [-0.3, -0.25) is 0 Å². The monoisotopic (exact) mass is 276 g/mol. The minimum atomic E-state index is -0.286. The van der Waals surface area contributed by atoms with Crippen molar-refractivity contribution >= 4 is 0 Å². The molecule has 1 fully saturated rings. The molecule has 0 saturated heterocycles. The summed E-state index contributed by atoms with van der Waals surface area (Å²) in [6, 6.07) is 21.7. The summed E-state index contributed by atoms with van der Waals surface area (Å²) in [5.74, 6) is 0. The Morgan fingerprint density at radius 2 is 1.90 bits per heavy atom. The lowest BCUT2D eigenvalue weighted by Gasteiger charge is -2.43. The molecule has 0 bridgehead atoms. The Kier molecular flexibility index (Phi) is 3.77. The van der Waals surface area contributed by atoms with E-state index >= 15 is 0 Å². The molecule has 0 atom stereocenters. The maximum Gasteiger partial charge on any atom is 0.0852 e. The van der Waals surface area contributed by atoms with E-state index in [-0.39, 0.29) is 5.41 Å². The van der Waals surface area contributed by atoms with E-state index in [2.05, 4.69) is 54.7 Å². The third-order valence-corrected chi connectivity index (χ3v) is 4.41. The predicted octanol–water partition coefficient (Wildman–Crippen LogP) is 3.71. The molecule has 21 heavy (non-hydrogen) atoms. The van der Waals surface area contributed by atoms with Crippen molar-refractivity contribution in [2.24, 2.45) is 0 Å². The summed E-state index contributed by atoms with van der Waals surface area (Å²) in [5, 5.41) is 13.1. The average molecular weight is 276 g/mol. The number of rotatable bonds is 4. The van der Waals surface area contributed by atoms with E-state index in [1.807, 2.05) is 18.2 Å². The number of nitrogens with one attached hydrogen (secondary N) is 1. The molecular weight excluding hydrogens is 256 g/mol. The molecule has 0 amide bonds. The molecular formula is C19H20N2. The van der Waals surface area contributed by atoms with Crippen molar-refractivity contribution < 1.29 is 0 Å². The molecule has 0 unspecified atom stereocenters. The summed E-state index contributed by atoms with van der Waals surface area (Å²) < 4.78 is 0. The molecule has 3 rings (SSSR count). The second kappa shape index (κ2) is 5.71. The Bertz CT molecular complexity index is 649. The first-order valence-electron chi connectivity index (χ1n) is 7.48. The van der Waals surface area contributed by atoms with Crippen molar-refractivity contribution in [2.45, 2.75) is 37.8 Å². The number of aryl methyl sites for hydroxylation is 1. The summed E-state index contributed by atoms with van der Waals surface area (Å²) in [5.41, 5.74) is 3.47. The van der Waals surface area contributed by atoms with Gasteiger partial charge in [0.05, 0.1) is 11.5 Å². The van der Waals surface area contributed by atoms with Crippen molar-refractivity contribution in [1.29, 1.82) is 5.26 Å². The van der Waals surface area contributed by atoms with Crippen LogP contribution in [0.1, 0.15) is 29.5 Å². The molecule has 2 aromatic rings. The van der Waals surface area contributed by atoms with Crippen LogP contribution in [0.25, 0.3) is 0 Å². The molecule has 2 heteroatoms. The summed E-state index contributed by atoms with van der Waals surface area (Å²) in [6.45, 7) is 2.99. The van der Waals surface area contributed by atoms with Gasteiger partial charge < -0.3 is 5.32 Å². The maximum atomic E-state index is 9.55. The van der Waals surface area contributed by atoms with E-state index in [0.29, 0.717) is 6.04 Å². The van der Waals surface area contributed by atoms with E-state index in [1.54, 1.807) is 0 Å². The van der Waals surface area contributed by atoms with Gasteiger partial charge in [-0.05, 0) is 30.9 Å². The normalized spacial score (nSPS) is 24.1. The van der Waals surface area contributed by atoms with Crippen LogP contribution in [0, 0.1) is 18.3 Å². The van der Waals surface area contributed by atoms with Gasteiger partial charge in [0.15, 0.2) is 0 Å². The van der Waals surface area contributed by atoms with Crippen LogP contribution in [0.4, 0.5) is 0 Å². The highest BCUT2D eigenvalue weighted by atomic mass is 14.9. The van der Waals surface area contributed by atoms with Gasteiger partial charge in [-0.1, -0.05) is 60.2 Å². The highest BCUT2D eigenvalue weighted by molar-refractivity contribution is 5.37. The fourth-order valence-corrected chi connectivity index (χ4v) is 3.16. The minimum absolute atomic E-state index is 0.286. The number of nitrogens with zero attached hydrogens (tertiary/aromatic N) is 1. The van der Waals surface area contributed by atoms with Crippen molar-refractivity contribution in [2.75, 3.05) is 0 Å². The molecule has 1 aliphatic carbocycles. The molecule has 106 valence electrons. The molecule has 2 aromatic carbocycles. The van der Waals surface area contributed by atoms with Crippen LogP contribution >= 0.6 is 0 Å². The molecule has 0 aromatic heterocycles. The number of hydrogen-bond acceptors (Lipinski definition) is 2. The van der Waals surface area contributed by atoms with Crippen LogP contribution in [0.2, 0.25) is 0 Å². The second-order valence-electron chi connectivity index (χ2n) is 6.04. The van der Waals surface area contributed by atoms with Gasteiger partial charge in [0.2, 0.25) is 0 Å². The fraction of sp³-hybridized carbons (Fsp3) is 0.316. The van der Waals surface area contributed by atoms with Gasteiger partial charge in [0.25, 0.3) is 0 Å². The van der Waals surface area contributed by atoms with Crippen LogP contribution in [0.5, 0.6) is 0 Å². The standard InChI is InChI=1S/C19H20N2/c1-15-6-5-7-16(10-15)13-21-18-11-19(12-18,14-20)17-8-3-2-4-9-17/h2-10,18,21H,11-13H2,1H3. The smallest absolute Gasteiger partial charge is 0.0852 e. The third kappa shape index (κ3) is 2.84. The van der Waals surface area contributed by atoms with Gasteiger partial charge in [-0.25, -0.2) is 0 Å². The van der Waals surface area contributed by atoms with Crippen molar-refractivity contribution in [3.63, 3.8) is 0 Å². The summed E-state index contributed by atoms with van der Waals surface area (Å²) in [4.78, 5) is 0. The highest BCUT2D eigenvalue weighted by Gasteiger charge is 2.45. The van der Waals surface area contributed by atoms with E-state index in [4.69, 9.17) is 0 Å². The largest absolute Gasteiger partial charge is 0.310 e. The lowest BCUT2D eigenvalue weighted by atomic mass is 9.62. The maximum absolute atomic E-state index is 9.55. The number of nitriles is 1. The zero-order chi connectivity index (χ0) is 14.7. The number of hydrogen-bond donors (Lipinski definition) is 1. The van der Waals surface area contributed by atoms with E-state index < -0.39 is 0 Å². The molecule has 0 heterocycles. The fourth-order valence-electron chi connectivity index (χ4n) is 3.16. The van der Waals surface area contributed by atoms with Gasteiger partial charge in [-0.15, -0.1) is 0 Å². The average Bonchev–Trinajstić information content (AvgIpc) is 2.47. The minimum Gasteiger partial charge on any atom is -0.310 e. The van der Waals surface area contributed by atoms with Gasteiger partial charge in [-0.2, -0.15) is 5.26 Å². The lowest BCUT2D eigenvalue weighted by molar-refractivity contribution is 0.225. The van der Waals surface area contributed by atoms with Gasteiger partial charge in [0.1, 0.15) is 0 Å². The predicted molar refractivity (Wildman–Crippen MR) is 84.8 cm³/mol. The molecule has 0 aliphatic heterocycles. The first-order valence-corrected chi connectivity index (χ1v) is 7.48. The highest BCUT2D eigenvalue weighted by Crippen LogP contribution is 2.43. The Balaban J connectivity index is 1.59. The Hall–Kier alpha value is -2.11. The summed E-state index contributed by atoms with van der Waals surface area (Å²) in [6.07, 6.45) is 1.80. The zero-order valence-corrected chi connectivity index (χ0v) is 12.3. The van der Waals surface area contributed by atoms with Crippen molar-refractivity contribution in [1.82, 2.24) is 5.32 Å². The van der Waals surface area contributed by atoms with Gasteiger partial charge in [0, 0.05) is 12.6 Å². The van der Waals surface area contributed by atoms with Crippen LogP contribution in [-0.4, -0.2) is 6.04 Å². The van der Waals surface area contributed by atoms with E-state index in [1.165, 1.54) is 11.1 Å². The quantitative estimate of drug-likeness (QED) is 0.924. The zero-order valence-electron chi connectivity index (χ0n) is 12.3. The summed E-state index contributed by atoms with van der Waals surface area (Å²) in [7, 11) is 0. The van der Waals surface area contributed by atoms with Crippen LogP contribution in [0.3, 0.4) is 0 Å². The van der Waals surface area contributed by atoms with Crippen molar-refractivity contribution in [3.05, 3.63) is 71.3 Å². The first-order chi connectivity index (χ1) is 10.2. The first kappa shape index (κ1) is 13.9. The molecule has 1 saturated carbocycles. The Labute approximate surface area is 126 Å². The molecule has 2 nitrogen and oxygen atoms in total. The molecule has 0 radical (unpaired) electrons. The SMILES string of the molecule is Cc1cccc(CNC2CC(C#N)(c3ccccc3)C2)c1. The van der Waals surface area contributed by atoms with Crippen molar-refractivity contribution in [3.8, 4) is 6.07 Å². The van der Waals surface area contributed by atoms with E-state index in [0.717, 1.165) is 24.9 Å². The second-order valence-corrected chi connectivity index (χ2v) is 6.04. The molecule has 1 N–H and O–H groups in total. The van der Waals surface area contributed by atoms with Crippen LogP contribution in [0.15, 0.2) is 54.6 Å². The summed E-state index contributed by atoms with van der Waals surface area (Å²) >= 11 is 0. The molecule has 1 aliphatic rings.